The van der Waals surface area contributed by atoms with Crippen LogP contribution in [0.15, 0.2) is 46.0 Å². The molecule has 0 atom stereocenters. The van der Waals surface area contributed by atoms with Gasteiger partial charge in [-0.1, -0.05) is 0 Å². The van der Waals surface area contributed by atoms with E-state index in [1.165, 1.54) is 30.5 Å². The van der Waals surface area contributed by atoms with Crippen LogP contribution in [0.25, 0.3) is 0 Å². The number of nitrogens with one attached hydrogen (secondary N) is 1. The van der Waals surface area contributed by atoms with Crippen LogP contribution in [-0.4, -0.2) is 13.4 Å². The van der Waals surface area contributed by atoms with Crippen molar-refractivity contribution in [2.75, 3.05) is 10.5 Å². The summed E-state index contributed by atoms with van der Waals surface area (Å²) in [6, 6.07) is 6.82. The van der Waals surface area contributed by atoms with Crippen LogP contribution in [0.4, 0.5) is 15.8 Å². The third-order valence-corrected chi connectivity index (χ3v) is 4.22. The lowest BCUT2D eigenvalue weighted by atomic mass is 10.3. The molecule has 0 bridgehead atoms. The van der Waals surface area contributed by atoms with Gasteiger partial charge in [-0.25, -0.2) is 9.37 Å². The largest absolute Gasteiger partial charge is 0.396 e. The van der Waals surface area contributed by atoms with Crippen LogP contribution in [0.2, 0.25) is 0 Å². The number of sulfonamides is 1. The molecule has 0 aliphatic rings. The third-order valence-electron chi connectivity index (χ3n) is 2.23. The Morgan fingerprint density at radius 3 is 2.68 bits per heavy atom. The van der Waals surface area contributed by atoms with Crippen LogP contribution in [0.3, 0.4) is 0 Å². The van der Waals surface area contributed by atoms with E-state index < -0.39 is 15.8 Å². The minimum Gasteiger partial charge on any atom is -0.396 e. The number of nitrogen functional groups attached to an aromatic ring is 1. The predicted octanol–water partition coefficient (Wildman–Crippen LogP) is 2.37. The van der Waals surface area contributed by atoms with Crippen molar-refractivity contribution in [3.63, 3.8) is 0 Å². The molecule has 0 saturated heterocycles. The smallest absolute Gasteiger partial charge is 0.281 e. The summed E-state index contributed by atoms with van der Waals surface area (Å²) in [6.45, 7) is 0. The average molecular weight is 346 g/mol. The van der Waals surface area contributed by atoms with Gasteiger partial charge in [0.05, 0.1) is 15.8 Å². The highest BCUT2D eigenvalue weighted by molar-refractivity contribution is 9.10. The Hall–Kier alpha value is -1.67. The molecule has 0 amide bonds. The number of hydrogen-bond acceptors (Lipinski definition) is 4. The monoisotopic (exact) mass is 345 g/mol. The van der Waals surface area contributed by atoms with Gasteiger partial charge in [0.2, 0.25) is 0 Å². The zero-order valence-corrected chi connectivity index (χ0v) is 11.9. The molecule has 0 aliphatic carbocycles. The van der Waals surface area contributed by atoms with E-state index in [1.807, 2.05) is 0 Å². The van der Waals surface area contributed by atoms with Gasteiger partial charge in [-0.2, -0.15) is 8.42 Å². The molecule has 100 valence electrons. The van der Waals surface area contributed by atoms with Gasteiger partial charge in [-0.05, 0) is 46.3 Å². The highest BCUT2D eigenvalue weighted by Gasteiger charge is 2.19. The molecule has 0 fully saturated rings. The standard InChI is InChI=1S/C11H9BrFN3O2S/c12-8-4-3-7(6-9(8)13)16-19(17,18)11-10(14)2-1-5-15-11/h1-6,16H,14H2. The van der Waals surface area contributed by atoms with Crippen LogP contribution < -0.4 is 10.5 Å². The molecule has 1 aromatic carbocycles. The average Bonchev–Trinajstić information content (AvgIpc) is 2.34. The maximum absolute atomic E-state index is 13.3. The molecule has 2 aromatic rings. The fraction of sp³-hybridized carbons (Fsp3) is 0. The number of rotatable bonds is 3. The van der Waals surface area contributed by atoms with E-state index in [1.54, 1.807) is 0 Å². The molecule has 2 rings (SSSR count). The van der Waals surface area contributed by atoms with E-state index in [4.69, 9.17) is 5.73 Å². The van der Waals surface area contributed by atoms with Crippen LogP contribution in [-0.2, 0) is 10.0 Å². The van der Waals surface area contributed by atoms with E-state index in [2.05, 4.69) is 25.6 Å². The van der Waals surface area contributed by atoms with E-state index in [0.29, 0.717) is 0 Å². The first-order valence-electron chi connectivity index (χ1n) is 5.08. The van der Waals surface area contributed by atoms with Gasteiger partial charge in [0.25, 0.3) is 10.0 Å². The Bertz CT molecular complexity index is 722. The van der Waals surface area contributed by atoms with E-state index in [0.717, 1.165) is 6.07 Å². The zero-order valence-electron chi connectivity index (χ0n) is 9.47. The molecule has 0 spiro atoms. The van der Waals surface area contributed by atoms with Crippen molar-refractivity contribution in [3.8, 4) is 0 Å². The first kappa shape index (κ1) is 13.8. The predicted molar refractivity (Wildman–Crippen MR) is 73.6 cm³/mol. The van der Waals surface area contributed by atoms with Gasteiger partial charge >= 0.3 is 0 Å². The van der Waals surface area contributed by atoms with Gasteiger partial charge in [-0.15, -0.1) is 0 Å². The van der Waals surface area contributed by atoms with Gasteiger partial charge in [0, 0.05) is 6.20 Å². The minimum atomic E-state index is -3.94. The molecule has 0 saturated carbocycles. The molecule has 5 nitrogen and oxygen atoms in total. The van der Waals surface area contributed by atoms with Crippen LogP contribution >= 0.6 is 15.9 Å². The summed E-state index contributed by atoms with van der Waals surface area (Å²) in [7, 11) is -3.94. The Morgan fingerprint density at radius 2 is 2.05 bits per heavy atom. The summed E-state index contributed by atoms with van der Waals surface area (Å²) in [5, 5.41) is -0.293. The normalized spacial score (nSPS) is 11.3. The number of nitrogens with zero attached hydrogens (tertiary/aromatic N) is 1. The van der Waals surface area contributed by atoms with Crippen molar-refractivity contribution in [1.82, 2.24) is 4.98 Å². The minimum absolute atomic E-state index is 0.0209. The fourth-order valence-corrected chi connectivity index (χ4v) is 2.75. The van der Waals surface area contributed by atoms with Crippen LogP contribution in [0.1, 0.15) is 0 Å². The van der Waals surface area contributed by atoms with Crippen molar-refractivity contribution in [2.45, 2.75) is 5.03 Å². The van der Waals surface area contributed by atoms with E-state index in [9.17, 15) is 12.8 Å². The number of hydrogen-bond donors (Lipinski definition) is 2. The number of nitrogens with two attached hydrogens (primary N) is 1. The fourth-order valence-electron chi connectivity index (χ4n) is 1.39. The summed E-state index contributed by atoms with van der Waals surface area (Å²) in [6.07, 6.45) is 1.31. The molecule has 1 heterocycles. The lowest BCUT2D eigenvalue weighted by molar-refractivity contribution is 0.598. The number of aromatic nitrogens is 1. The van der Waals surface area contributed by atoms with Crippen molar-refractivity contribution < 1.29 is 12.8 Å². The highest BCUT2D eigenvalue weighted by atomic mass is 79.9. The summed E-state index contributed by atoms with van der Waals surface area (Å²) < 4.78 is 39.8. The number of benzene rings is 1. The van der Waals surface area contributed by atoms with E-state index >= 15 is 0 Å². The molecule has 0 radical (unpaired) electrons. The number of pyridine rings is 1. The zero-order chi connectivity index (χ0) is 14.0. The van der Waals surface area contributed by atoms with Crippen molar-refractivity contribution >= 4 is 37.3 Å². The SMILES string of the molecule is Nc1cccnc1S(=O)(=O)Nc1ccc(Br)c(F)c1. The Kier molecular flexibility index (Phi) is 3.72. The summed E-state index contributed by atoms with van der Waals surface area (Å²) >= 11 is 2.98. The first-order valence-corrected chi connectivity index (χ1v) is 7.36. The molecular formula is C11H9BrFN3O2S. The summed E-state index contributed by atoms with van der Waals surface area (Å²) in [5.74, 6) is -0.575. The van der Waals surface area contributed by atoms with Gasteiger partial charge in [0.15, 0.2) is 5.03 Å². The van der Waals surface area contributed by atoms with Crippen LogP contribution in [0.5, 0.6) is 0 Å². The second-order valence-corrected chi connectivity index (χ2v) is 6.08. The van der Waals surface area contributed by atoms with Gasteiger partial charge in [0.1, 0.15) is 5.82 Å². The maximum Gasteiger partial charge on any atom is 0.281 e. The maximum atomic E-state index is 13.3. The first-order chi connectivity index (χ1) is 8.90. The second kappa shape index (κ2) is 5.14. The lowest BCUT2D eigenvalue weighted by Gasteiger charge is -2.09. The number of anilines is 2. The molecule has 1 aromatic heterocycles. The highest BCUT2D eigenvalue weighted by Crippen LogP contribution is 2.22. The van der Waals surface area contributed by atoms with Gasteiger partial charge < -0.3 is 5.73 Å². The quantitative estimate of drug-likeness (QED) is 0.894. The molecule has 3 N–H and O–H groups in total. The van der Waals surface area contributed by atoms with Crippen molar-refractivity contribution in [1.29, 1.82) is 0 Å². The van der Waals surface area contributed by atoms with Gasteiger partial charge in [-0.3, -0.25) is 4.72 Å². The third kappa shape index (κ3) is 3.02. The summed E-state index contributed by atoms with van der Waals surface area (Å²) in [5.41, 5.74) is 5.66. The molecule has 8 heteroatoms. The van der Waals surface area contributed by atoms with Crippen LogP contribution in [0, 0.1) is 5.82 Å². The Balaban J connectivity index is 2.37. The number of halogens is 2. The topological polar surface area (TPSA) is 85.1 Å². The molecular weight excluding hydrogens is 337 g/mol. The van der Waals surface area contributed by atoms with Crippen molar-refractivity contribution in [3.05, 3.63) is 46.8 Å². The molecule has 19 heavy (non-hydrogen) atoms. The van der Waals surface area contributed by atoms with Crippen molar-refractivity contribution in [2.24, 2.45) is 0 Å². The second-order valence-electron chi connectivity index (χ2n) is 3.63. The molecule has 0 unspecified atom stereocenters. The molecule has 0 aliphatic heterocycles. The lowest BCUT2D eigenvalue weighted by Crippen LogP contribution is -2.16. The summed E-state index contributed by atoms with van der Waals surface area (Å²) in [4.78, 5) is 3.71. The van der Waals surface area contributed by atoms with E-state index in [-0.39, 0.29) is 20.9 Å². The Morgan fingerprint density at radius 1 is 1.32 bits per heavy atom. The Labute approximate surface area is 117 Å².